The molecule has 0 aliphatic rings. The van der Waals surface area contributed by atoms with E-state index in [-0.39, 0.29) is 0 Å². The minimum absolute atomic E-state index is 0.725. The molecule has 0 aromatic rings. The predicted molar refractivity (Wildman–Crippen MR) is 39.7 cm³/mol. The van der Waals surface area contributed by atoms with Gasteiger partial charge in [-0.15, -0.1) is 0 Å². The van der Waals surface area contributed by atoms with Crippen molar-refractivity contribution in [1.29, 1.82) is 0 Å². The van der Waals surface area contributed by atoms with E-state index in [1.807, 2.05) is 0 Å². The van der Waals surface area contributed by atoms with Gasteiger partial charge in [-0.05, 0) is 12.6 Å². The number of hydrogen-bond donors (Lipinski definition) is 0. The van der Waals surface area contributed by atoms with Crippen molar-refractivity contribution in [2.24, 2.45) is 0 Å². The lowest BCUT2D eigenvalue weighted by Crippen LogP contribution is -1.82. The summed E-state index contributed by atoms with van der Waals surface area (Å²) in [5.74, 6) is 0. The van der Waals surface area contributed by atoms with Gasteiger partial charge >= 0.3 is 0 Å². The van der Waals surface area contributed by atoms with Crippen LogP contribution in [0.3, 0.4) is 0 Å². The van der Waals surface area contributed by atoms with Crippen molar-refractivity contribution in [1.82, 2.24) is 0 Å². The van der Waals surface area contributed by atoms with Crippen LogP contribution in [0.5, 0.6) is 0 Å². The third-order valence-corrected chi connectivity index (χ3v) is 1.54. The van der Waals surface area contributed by atoms with E-state index in [0.29, 0.717) is 0 Å². The predicted octanol–water partition coefficient (Wildman–Crippen LogP) is 2.42. The Hall–Kier alpha value is 0.390. The first-order valence-electron chi connectivity index (χ1n) is 3.26. The molecule has 8 heavy (non-hydrogen) atoms. The third-order valence-electron chi connectivity index (χ3n) is 0.846. The van der Waals surface area contributed by atoms with Gasteiger partial charge in [0.15, 0.2) is 0 Å². The molecule has 2 heteroatoms. The Kier molecular flexibility index (Phi) is 7.75. The van der Waals surface area contributed by atoms with Gasteiger partial charge in [0.25, 0.3) is 0 Å². The molecular formula is C6H15OP. The van der Waals surface area contributed by atoms with Gasteiger partial charge in [-0.3, -0.25) is 0 Å². The van der Waals surface area contributed by atoms with Crippen molar-refractivity contribution in [3.8, 4) is 0 Å². The highest BCUT2D eigenvalue weighted by Gasteiger charge is 1.81. The van der Waals surface area contributed by atoms with Crippen LogP contribution in [-0.4, -0.2) is 12.8 Å². The number of unbranched alkanes of at least 4 members (excludes halogenated alkanes) is 1. The van der Waals surface area contributed by atoms with Crippen LogP contribution in [0.25, 0.3) is 0 Å². The van der Waals surface area contributed by atoms with Crippen LogP contribution >= 0.6 is 8.81 Å². The van der Waals surface area contributed by atoms with Crippen molar-refractivity contribution >= 4 is 8.81 Å². The topological polar surface area (TPSA) is 9.23 Å². The van der Waals surface area contributed by atoms with E-state index in [4.69, 9.17) is 4.52 Å². The van der Waals surface area contributed by atoms with Crippen molar-refractivity contribution in [3.63, 3.8) is 0 Å². The summed E-state index contributed by atoms with van der Waals surface area (Å²) in [6.45, 7) is 5.28. The fraction of sp³-hybridized carbons (Fsp3) is 1.00. The molecule has 0 bridgehead atoms. The lowest BCUT2D eigenvalue weighted by molar-refractivity contribution is 0.352. The molecule has 0 saturated carbocycles. The molecule has 1 nitrogen and oxygen atoms in total. The van der Waals surface area contributed by atoms with Crippen molar-refractivity contribution in [2.45, 2.75) is 26.7 Å². The Labute approximate surface area is 53.7 Å². The van der Waals surface area contributed by atoms with E-state index in [2.05, 4.69) is 13.8 Å². The highest BCUT2D eigenvalue weighted by molar-refractivity contribution is 7.32. The zero-order valence-corrected chi connectivity index (χ0v) is 6.74. The highest BCUT2D eigenvalue weighted by Crippen LogP contribution is 2.10. The van der Waals surface area contributed by atoms with E-state index >= 15 is 0 Å². The summed E-state index contributed by atoms with van der Waals surface area (Å²) in [7, 11) is 0.725. The average Bonchev–Trinajstić information content (AvgIpc) is 1.81. The second-order valence-corrected chi connectivity index (χ2v) is 2.98. The standard InChI is InChI=1S/C6H15OP/c1-3-5-6-7-8-4-2/h8H,3-6H2,1-2H3. The average molecular weight is 134 g/mol. The molecular weight excluding hydrogens is 119 g/mol. The lowest BCUT2D eigenvalue weighted by Gasteiger charge is -1.97. The minimum atomic E-state index is 0.725. The zero-order chi connectivity index (χ0) is 6.24. The normalized spacial score (nSPS) is 11.2. The summed E-state index contributed by atoms with van der Waals surface area (Å²) >= 11 is 0. The fourth-order valence-corrected chi connectivity index (χ4v) is 0.884. The Bertz CT molecular complexity index is 33.5. The van der Waals surface area contributed by atoms with E-state index < -0.39 is 0 Å². The molecule has 0 rings (SSSR count). The van der Waals surface area contributed by atoms with Crippen LogP contribution in [0.2, 0.25) is 0 Å². The molecule has 0 saturated heterocycles. The Morgan fingerprint density at radius 3 is 2.62 bits per heavy atom. The second kappa shape index (κ2) is 7.39. The SMILES string of the molecule is CCCCOPCC. The van der Waals surface area contributed by atoms with Crippen molar-refractivity contribution in [3.05, 3.63) is 0 Å². The summed E-state index contributed by atoms with van der Waals surface area (Å²) in [5, 5.41) is 0. The molecule has 0 radical (unpaired) electrons. The molecule has 0 N–H and O–H groups in total. The largest absolute Gasteiger partial charge is 0.362 e. The first kappa shape index (κ1) is 8.39. The molecule has 0 heterocycles. The molecule has 1 atom stereocenters. The van der Waals surface area contributed by atoms with Gasteiger partial charge in [-0.25, -0.2) is 0 Å². The fourth-order valence-electron chi connectivity index (χ4n) is 0.391. The van der Waals surface area contributed by atoms with E-state index in [0.717, 1.165) is 15.4 Å². The summed E-state index contributed by atoms with van der Waals surface area (Å²) in [4.78, 5) is 0. The molecule has 0 spiro atoms. The van der Waals surface area contributed by atoms with E-state index in [1.165, 1.54) is 19.0 Å². The molecule has 0 aromatic carbocycles. The maximum atomic E-state index is 5.25. The van der Waals surface area contributed by atoms with Gasteiger partial charge in [0, 0.05) is 8.81 Å². The summed E-state index contributed by atoms with van der Waals surface area (Å²) < 4.78 is 5.25. The van der Waals surface area contributed by atoms with Gasteiger partial charge in [0.05, 0.1) is 6.61 Å². The van der Waals surface area contributed by atoms with Crippen LogP contribution < -0.4 is 0 Å². The molecule has 0 aromatic heterocycles. The van der Waals surface area contributed by atoms with Crippen LogP contribution in [0.1, 0.15) is 26.7 Å². The zero-order valence-electron chi connectivity index (χ0n) is 5.74. The quantitative estimate of drug-likeness (QED) is 0.414. The molecule has 1 unspecified atom stereocenters. The highest BCUT2D eigenvalue weighted by atomic mass is 31.1. The van der Waals surface area contributed by atoms with Crippen LogP contribution in [-0.2, 0) is 4.52 Å². The molecule has 0 aliphatic carbocycles. The van der Waals surface area contributed by atoms with Crippen LogP contribution in [0, 0.1) is 0 Å². The lowest BCUT2D eigenvalue weighted by atomic mass is 10.4. The smallest absolute Gasteiger partial charge is 0.0505 e. The van der Waals surface area contributed by atoms with Gasteiger partial charge in [-0.2, -0.15) is 0 Å². The van der Waals surface area contributed by atoms with Crippen LogP contribution in [0.15, 0.2) is 0 Å². The first-order valence-corrected chi connectivity index (χ1v) is 4.38. The number of hydrogen-bond acceptors (Lipinski definition) is 1. The molecule has 0 amide bonds. The number of rotatable bonds is 5. The van der Waals surface area contributed by atoms with Gasteiger partial charge < -0.3 is 4.52 Å². The molecule has 0 aliphatic heterocycles. The first-order chi connectivity index (χ1) is 3.91. The summed E-state index contributed by atoms with van der Waals surface area (Å²) in [5.41, 5.74) is 0. The van der Waals surface area contributed by atoms with Crippen molar-refractivity contribution < 1.29 is 4.52 Å². The summed E-state index contributed by atoms with van der Waals surface area (Å²) in [6.07, 6.45) is 3.63. The molecule has 50 valence electrons. The minimum Gasteiger partial charge on any atom is -0.362 e. The van der Waals surface area contributed by atoms with Crippen LogP contribution in [0.4, 0.5) is 0 Å². The second-order valence-electron chi connectivity index (χ2n) is 1.70. The maximum absolute atomic E-state index is 5.25. The summed E-state index contributed by atoms with van der Waals surface area (Å²) in [6, 6.07) is 0. The van der Waals surface area contributed by atoms with Gasteiger partial charge in [0.2, 0.25) is 0 Å². The monoisotopic (exact) mass is 134 g/mol. The van der Waals surface area contributed by atoms with Crippen molar-refractivity contribution in [2.75, 3.05) is 12.8 Å². The van der Waals surface area contributed by atoms with Gasteiger partial charge in [-0.1, -0.05) is 20.3 Å². The van der Waals surface area contributed by atoms with Gasteiger partial charge in [0.1, 0.15) is 0 Å². The van der Waals surface area contributed by atoms with E-state index in [1.54, 1.807) is 0 Å². The Morgan fingerprint density at radius 2 is 2.12 bits per heavy atom. The molecule has 0 fully saturated rings. The third kappa shape index (κ3) is 6.39. The Balaban J connectivity index is 2.53. The maximum Gasteiger partial charge on any atom is 0.0505 e. The van der Waals surface area contributed by atoms with E-state index in [9.17, 15) is 0 Å². The Morgan fingerprint density at radius 1 is 1.38 bits per heavy atom.